The number of nitrogens with two attached hydrogens (primary N) is 1. The van der Waals surface area contributed by atoms with Gasteiger partial charge in [0.1, 0.15) is 5.75 Å². The van der Waals surface area contributed by atoms with Crippen molar-refractivity contribution in [2.24, 2.45) is 5.73 Å². The summed E-state index contributed by atoms with van der Waals surface area (Å²) in [6.45, 7) is 1.23. The van der Waals surface area contributed by atoms with Crippen LogP contribution in [-0.4, -0.2) is 61.8 Å². The van der Waals surface area contributed by atoms with E-state index in [1.54, 1.807) is 90.8 Å². The molecule has 1 unspecified atom stereocenters. The predicted octanol–water partition coefficient (Wildman–Crippen LogP) is 5.02. The van der Waals surface area contributed by atoms with Crippen LogP contribution in [0, 0.1) is 0 Å². The first-order chi connectivity index (χ1) is 21.7. The van der Waals surface area contributed by atoms with Crippen LogP contribution in [0.15, 0.2) is 109 Å². The van der Waals surface area contributed by atoms with E-state index in [1.165, 1.54) is 16.8 Å². The van der Waals surface area contributed by atoms with Crippen LogP contribution in [0.3, 0.4) is 0 Å². The van der Waals surface area contributed by atoms with Crippen molar-refractivity contribution in [2.75, 3.05) is 42.4 Å². The van der Waals surface area contributed by atoms with E-state index in [2.05, 4.69) is 5.32 Å². The molecule has 232 valence electrons. The maximum Gasteiger partial charge on any atom is 0.321 e. The molecule has 4 amide bonds. The van der Waals surface area contributed by atoms with E-state index >= 15 is 0 Å². The van der Waals surface area contributed by atoms with Gasteiger partial charge in [0, 0.05) is 31.2 Å². The highest BCUT2D eigenvalue weighted by Crippen LogP contribution is 2.36. The van der Waals surface area contributed by atoms with Gasteiger partial charge in [-0.2, -0.15) is 0 Å². The summed E-state index contributed by atoms with van der Waals surface area (Å²) in [4.78, 5) is 57.7. The largest absolute Gasteiger partial charge is 0.482 e. The maximum atomic E-state index is 14.4. The second-order valence-corrected chi connectivity index (χ2v) is 10.4. The zero-order valence-electron chi connectivity index (χ0n) is 25.6. The highest BCUT2D eigenvalue weighted by atomic mass is 16.5. The van der Waals surface area contributed by atoms with E-state index in [0.29, 0.717) is 22.7 Å². The van der Waals surface area contributed by atoms with Gasteiger partial charge in [-0.15, -0.1) is 0 Å². The Kier molecular flexibility index (Phi) is 10.9. The molecule has 0 radical (unpaired) electrons. The highest BCUT2D eigenvalue weighted by molar-refractivity contribution is 6.16. The maximum absolute atomic E-state index is 14.4. The summed E-state index contributed by atoms with van der Waals surface area (Å²) in [7, 11) is 3.09. The summed E-state index contributed by atoms with van der Waals surface area (Å²) >= 11 is 0. The molecular formula is C35H37N5O5. The first-order valence-electron chi connectivity index (χ1n) is 14.5. The summed E-state index contributed by atoms with van der Waals surface area (Å²) < 4.78 is 5.73. The molecule has 0 saturated carbocycles. The lowest BCUT2D eigenvalue weighted by atomic mass is 10.0. The molecule has 3 N–H and O–H groups in total. The zero-order chi connectivity index (χ0) is 32.3. The molecule has 1 atom stereocenters. The number of urea groups is 1. The van der Waals surface area contributed by atoms with Gasteiger partial charge in [0.05, 0.1) is 12.2 Å². The minimum absolute atomic E-state index is 0.245. The SMILES string of the molecule is CCc1cccc(NC(=O)N(C)CC(=O)C(C(=O)N(C)c2ccccc2)N(c2ccccc2)c2ccccc2OCC(N)=O)c1. The van der Waals surface area contributed by atoms with Crippen molar-refractivity contribution in [1.82, 2.24) is 4.90 Å². The molecule has 10 heteroatoms. The number of Topliss-reactive ketones (excluding diaryl/α,β-unsaturated/α-hetero) is 1. The van der Waals surface area contributed by atoms with E-state index in [9.17, 15) is 19.2 Å². The molecule has 4 aromatic carbocycles. The summed E-state index contributed by atoms with van der Waals surface area (Å²) in [6, 6.07) is 30.1. The van der Waals surface area contributed by atoms with Crippen LogP contribution >= 0.6 is 0 Å². The smallest absolute Gasteiger partial charge is 0.321 e. The second-order valence-electron chi connectivity index (χ2n) is 10.4. The molecule has 0 spiro atoms. The molecule has 10 nitrogen and oxygen atoms in total. The number of ether oxygens (including phenoxy) is 1. The Morgan fingerprint density at radius 2 is 1.42 bits per heavy atom. The number of para-hydroxylation sites is 4. The van der Waals surface area contributed by atoms with E-state index in [-0.39, 0.29) is 12.3 Å². The molecule has 0 bridgehead atoms. The summed E-state index contributed by atoms with van der Waals surface area (Å²) in [5, 5.41) is 2.83. The number of anilines is 4. The van der Waals surface area contributed by atoms with Crippen molar-refractivity contribution in [3.05, 3.63) is 115 Å². The van der Waals surface area contributed by atoms with Gasteiger partial charge >= 0.3 is 6.03 Å². The lowest BCUT2D eigenvalue weighted by Crippen LogP contribution is -2.54. The third-order valence-corrected chi connectivity index (χ3v) is 7.13. The lowest BCUT2D eigenvalue weighted by Gasteiger charge is -2.35. The first kappa shape index (κ1) is 32.3. The van der Waals surface area contributed by atoms with Gasteiger partial charge in [-0.1, -0.05) is 67.6 Å². The van der Waals surface area contributed by atoms with Crippen LogP contribution in [0.5, 0.6) is 5.75 Å². The fourth-order valence-electron chi connectivity index (χ4n) is 4.78. The Bertz CT molecular complexity index is 1630. The van der Waals surface area contributed by atoms with Gasteiger partial charge < -0.3 is 30.5 Å². The number of hydrogen-bond acceptors (Lipinski definition) is 6. The second kappa shape index (κ2) is 15.2. The lowest BCUT2D eigenvalue weighted by molar-refractivity contribution is -0.128. The van der Waals surface area contributed by atoms with Crippen LogP contribution < -0.4 is 25.6 Å². The number of hydrogen-bond donors (Lipinski definition) is 2. The van der Waals surface area contributed by atoms with Gasteiger partial charge in [-0.3, -0.25) is 14.4 Å². The average molecular weight is 608 g/mol. The number of nitrogens with zero attached hydrogens (tertiary/aromatic N) is 3. The third-order valence-electron chi connectivity index (χ3n) is 7.13. The first-order valence-corrected chi connectivity index (χ1v) is 14.5. The monoisotopic (exact) mass is 607 g/mol. The molecule has 4 rings (SSSR count). The standard InChI is InChI=1S/C35H37N5O5/c1-4-25-14-13-15-26(22-25)37-35(44)38(2)23-30(41)33(34(43)39(3)27-16-7-5-8-17-27)40(28-18-9-6-10-19-28)29-20-11-12-21-31(29)45-24-32(36)42/h5-22,33H,4,23-24H2,1-3H3,(H2,36,42)(H,37,44). The minimum Gasteiger partial charge on any atom is -0.482 e. The topological polar surface area (TPSA) is 125 Å². The molecule has 0 aromatic heterocycles. The van der Waals surface area contributed by atoms with Crippen LogP contribution in [0.4, 0.5) is 27.5 Å². The van der Waals surface area contributed by atoms with Gasteiger partial charge in [-0.05, 0) is 60.5 Å². The molecule has 0 saturated heterocycles. The van der Waals surface area contributed by atoms with Crippen molar-refractivity contribution >= 4 is 46.4 Å². The molecular weight excluding hydrogens is 570 g/mol. The van der Waals surface area contributed by atoms with Crippen molar-refractivity contribution < 1.29 is 23.9 Å². The van der Waals surface area contributed by atoms with Crippen molar-refractivity contribution in [2.45, 2.75) is 19.4 Å². The number of ketones is 1. The fourth-order valence-corrected chi connectivity index (χ4v) is 4.78. The molecule has 0 fully saturated rings. The fraction of sp³-hybridized carbons (Fsp3) is 0.200. The molecule has 0 aliphatic carbocycles. The number of benzene rings is 4. The predicted molar refractivity (Wildman–Crippen MR) is 176 cm³/mol. The number of nitrogens with one attached hydrogen (secondary N) is 1. The van der Waals surface area contributed by atoms with E-state index in [0.717, 1.165) is 12.0 Å². The van der Waals surface area contributed by atoms with E-state index in [4.69, 9.17) is 10.5 Å². The number of likely N-dealkylation sites (N-methyl/N-ethyl adjacent to an activating group) is 2. The number of carbonyl (C=O) groups excluding carboxylic acids is 4. The van der Waals surface area contributed by atoms with E-state index in [1.807, 2.05) is 37.3 Å². The van der Waals surface area contributed by atoms with E-state index < -0.39 is 36.3 Å². The zero-order valence-corrected chi connectivity index (χ0v) is 25.6. The number of aryl methyl sites for hydroxylation is 1. The Balaban J connectivity index is 1.75. The Morgan fingerprint density at radius 3 is 2.07 bits per heavy atom. The quantitative estimate of drug-likeness (QED) is 0.206. The number of carbonyl (C=O) groups is 4. The van der Waals surface area contributed by atoms with Crippen molar-refractivity contribution in [1.29, 1.82) is 0 Å². The van der Waals surface area contributed by atoms with Crippen LogP contribution in [0.1, 0.15) is 12.5 Å². The van der Waals surface area contributed by atoms with Gasteiger partial charge in [0.15, 0.2) is 18.4 Å². The van der Waals surface area contributed by atoms with Crippen molar-refractivity contribution in [3.8, 4) is 5.75 Å². The van der Waals surface area contributed by atoms with Gasteiger partial charge in [0.2, 0.25) is 0 Å². The Hall–Kier alpha value is -5.64. The summed E-state index contributed by atoms with van der Waals surface area (Å²) in [6.07, 6.45) is 0.802. The molecule has 4 aromatic rings. The molecule has 0 heterocycles. The normalized spacial score (nSPS) is 11.2. The summed E-state index contributed by atoms with van der Waals surface area (Å²) in [5.41, 5.74) is 8.47. The van der Waals surface area contributed by atoms with Crippen molar-refractivity contribution in [3.63, 3.8) is 0 Å². The van der Waals surface area contributed by atoms with Crippen LogP contribution in [0.25, 0.3) is 0 Å². The number of amides is 4. The Labute approximate surface area is 263 Å². The number of rotatable bonds is 13. The number of primary amides is 1. The average Bonchev–Trinajstić information content (AvgIpc) is 3.06. The van der Waals surface area contributed by atoms with Crippen LogP contribution in [0.2, 0.25) is 0 Å². The summed E-state index contributed by atoms with van der Waals surface area (Å²) in [5.74, 6) is -1.52. The highest BCUT2D eigenvalue weighted by Gasteiger charge is 2.38. The molecule has 45 heavy (non-hydrogen) atoms. The third kappa shape index (κ3) is 8.26. The van der Waals surface area contributed by atoms with Gasteiger partial charge in [0.25, 0.3) is 11.8 Å². The van der Waals surface area contributed by atoms with Gasteiger partial charge in [-0.25, -0.2) is 4.79 Å². The van der Waals surface area contributed by atoms with Crippen LogP contribution in [-0.2, 0) is 20.8 Å². The minimum atomic E-state index is -1.44. The molecule has 0 aliphatic rings. The Morgan fingerprint density at radius 1 is 0.800 bits per heavy atom. The molecule has 0 aliphatic heterocycles.